The zero-order valence-corrected chi connectivity index (χ0v) is 10.7. The van der Waals surface area contributed by atoms with E-state index in [2.05, 4.69) is 0 Å². The molecule has 0 saturated carbocycles. The fourth-order valence-electron chi connectivity index (χ4n) is 1.91. The first kappa shape index (κ1) is 15.0. The monoisotopic (exact) mass is 260 g/mol. The number of likely N-dealkylation sites (N-methyl/N-ethyl adjacent to an activating group) is 1. The van der Waals surface area contributed by atoms with Crippen LogP contribution in [-0.2, 0) is 0 Å². The lowest BCUT2D eigenvalue weighted by Gasteiger charge is -2.28. The predicted octanol–water partition coefficient (Wildman–Crippen LogP) is 2.88. The molecule has 18 heavy (non-hydrogen) atoms. The lowest BCUT2D eigenvalue weighted by molar-refractivity contribution is -0.138. The minimum Gasteiger partial charge on any atom is -0.329 e. The Kier molecular flexibility index (Phi) is 5.16. The summed E-state index contributed by atoms with van der Waals surface area (Å²) in [6.07, 6.45) is -4.94. The van der Waals surface area contributed by atoms with Gasteiger partial charge in [-0.05, 0) is 19.5 Å². The summed E-state index contributed by atoms with van der Waals surface area (Å²) >= 11 is 0. The largest absolute Gasteiger partial charge is 0.390 e. The number of nitrogens with zero attached hydrogens (tertiary/aromatic N) is 1. The summed E-state index contributed by atoms with van der Waals surface area (Å²) in [7, 11) is 1.67. The Labute approximate surface area is 106 Å². The minimum absolute atomic E-state index is 0.0424. The van der Waals surface area contributed by atoms with Crippen molar-refractivity contribution in [3.05, 3.63) is 35.4 Å². The molecule has 1 rings (SSSR count). The summed E-state index contributed by atoms with van der Waals surface area (Å²) in [5.41, 5.74) is 7.71. The van der Waals surface area contributed by atoms with Crippen LogP contribution >= 0.6 is 0 Å². The highest BCUT2D eigenvalue weighted by Gasteiger charge is 2.28. The topological polar surface area (TPSA) is 29.3 Å². The molecule has 5 heteroatoms. The summed E-state index contributed by atoms with van der Waals surface area (Å²) in [5, 5.41) is 0. The van der Waals surface area contributed by atoms with Crippen molar-refractivity contribution in [2.24, 2.45) is 5.73 Å². The Morgan fingerprint density at radius 2 is 2.00 bits per heavy atom. The van der Waals surface area contributed by atoms with Gasteiger partial charge in [0, 0.05) is 19.1 Å². The van der Waals surface area contributed by atoms with Crippen molar-refractivity contribution in [1.29, 1.82) is 0 Å². The van der Waals surface area contributed by atoms with Gasteiger partial charge in [-0.25, -0.2) is 0 Å². The van der Waals surface area contributed by atoms with Gasteiger partial charge in [0.25, 0.3) is 0 Å². The van der Waals surface area contributed by atoms with Gasteiger partial charge in [0.2, 0.25) is 0 Å². The molecule has 0 fully saturated rings. The van der Waals surface area contributed by atoms with E-state index in [0.717, 1.165) is 11.1 Å². The second kappa shape index (κ2) is 6.20. The minimum atomic E-state index is -4.12. The van der Waals surface area contributed by atoms with Crippen LogP contribution in [0.3, 0.4) is 0 Å². The zero-order chi connectivity index (χ0) is 13.8. The van der Waals surface area contributed by atoms with E-state index in [4.69, 9.17) is 5.73 Å². The molecule has 0 aliphatic carbocycles. The number of halogens is 3. The van der Waals surface area contributed by atoms with Gasteiger partial charge in [0.05, 0.1) is 6.42 Å². The number of benzene rings is 1. The number of nitrogens with two attached hydrogens (primary N) is 1. The fraction of sp³-hybridized carbons (Fsp3) is 0.538. The van der Waals surface area contributed by atoms with Crippen LogP contribution < -0.4 is 5.73 Å². The smallest absolute Gasteiger partial charge is 0.329 e. The molecule has 0 radical (unpaired) electrons. The van der Waals surface area contributed by atoms with Crippen LogP contribution in [0.15, 0.2) is 24.3 Å². The number of aryl methyl sites for hydroxylation is 1. The van der Waals surface area contributed by atoms with Crippen LogP contribution in [0.2, 0.25) is 0 Å². The summed E-state index contributed by atoms with van der Waals surface area (Å²) in [6, 6.07) is 7.53. The van der Waals surface area contributed by atoms with Gasteiger partial charge in [-0.15, -0.1) is 0 Å². The number of alkyl halides is 3. The lowest BCUT2D eigenvalue weighted by Crippen LogP contribution is -2.33. The Morgan fingerprint density at radius 1 is 1.33 bits per heavy atom. The van der Waals surface area contributed by atoms with Crippen LogP contribution in [0.5, 0.6) is 0 Å². The highest BCUT2D eigenvalue weighted by Crippen LogP contribution is 2.24. The Bertz CT molecular complexity index is 377. The molecule has 2 nitrogen and oxygen atoms in total. The van der Waals surface area contributed by atoms with E-state index in [9.17, 15) is 13.2 Å². The van der Waals surface area contributed by atoms with Crippen molar-refractivity contribution in [3.63, 3.8) is 0 Å². The standard InChI is InChI=1S/C13H19F3N2/c1-10-4-3-5-11(8-10)12(9-17)18(2)7-6-13(14,15)16/h3-5,8,12H,6-7,9,17H2,1-2H3. The first-order valence-corrected chi connectivity index (χ1v) is 5.87. The molecular formula is C13H19F3N2. The van der Waals surface area contributed by atoms with Crippen LogP contribution in [0.25, 0.3) is 0 Å². The van der Waals surface area contributed by atoms with E-state index < -0.39 is 12.6 Å². The number of hydrogen-bond donors (Lipinski definition) is 1. The maximum atomic E-state index is 12.2. The van der Waals surface area contributed by atoms with Gasteiger partial charge in [0.1, 0.15) is 0 Å². The van der Waals surface area contributed by atoms with Gasteiger partial charge in [-0.2, -0.15) is 13.2 Å². The molecule has 2 N–H and O–H groups in total. The molecule has 0 heterocycles. The van der Waals surface area contributed by atoms with Crippen molar-refractivity contribution in [1.82, 2.24) is 4.90 Å². The fourth-order valence-corrected chi connectivity index (χ4v) is 1.91. The molecule has 1 unspecified atom stereocenters. The summed E-state index contributed by atoms with van der Waals surface area (Å²) in [4.78, 5) is 1.66. The maximum absolute atomic E-state index is 12.2. The van der Waals surface area contributed by atoms with Gasteiger partial charge < -0.3 is 5.73 Å². The highest BCUT2D eigenvalue weighted by molar-refractivity contribution is 5.25. The van der Waals surface area contributed by atoms with Crippen LogP contribution in [0.1, 0.15) is 23.6 Å². The van der Waals surface area contributed by atoms with E-state index in [-0.39, 0.29) is 12.6 Å². The molecule has 0 aliphatic rings. The van der Waals surface area contributed by atoms with E-state index >= 15 is 0 Å². The molecule has 1 aromatic rings. The van der Waals surface area contributed by atoms with Crippen molar-refractivity contribution >= 4 is 0 Å². The molecule has 0 amide bonds. The quantitative estimate of drug-likeness (QED) is 0.882. The Hall–Kier alpha value is -1.07. The highest BCUT2D eigenvalue weighted by atomic mass is 19.4. The van der Waals surface area contributed by atoms with Crippen molar-refractivity contribution in [2.75, 3.05) is 20.1 Å². The first-order chi connectivity index (χ1) is 8.33. The molecule has 0 spiro atoms. The van der Waals surface area contributed by atoms with E-state index in [1.807, 2.05) is 31.2 Å². The number of rotatable bonds is 5. The van der Waals surface area contributed by atoms with E-state index in [1.54, 1.807) is 11.9 Å². The van der Waals surface area contributed by atoms with E-state index in [0.29, 0.717) is 6.54 Å². The third-order valence-electron chi connectivity index (χ3n) is 2.93. The predicted molar refractivity (Wildman–Crippen MR) is 66.3 cm³/mol. The average molecular weight is 260 g/mol. The molecular weight excluding hydrogens is 241 g/mol. The van der Waals surface area contributed by atoms with Gasteiger partial charge in [-0.1, -0.05) is 29.8 Å². The molecule has 0 aromatic heterocycles. The molecule has 0 bridgehead atoms. The summed E-state index contributed by atoms with van der Waals surface area (Å²) in [5.74, 6) is 0. The SMILES string of the molecule is Cc1cccc(C(CN)N(C)CCC(F)(F)F)c1. The Morgan fingerprint density at radius 3 is 2.50 bits per heavy atom. The van der Waals surface area contributed by atoms with Gasteiger partial charge in [0.15, 0.2) is 0 Å². The van der Waals surface area contributed by atoms with Crippen LogP contribution in [-0.4, -0.2) is 31.2 Å². The van der Waals surface area contributed by atoms with Crippen molar-refractivity contribution < 1.29 is 13.2 Å². The zero-order valence-electron chi connectivity index (χ0n) is 10.7. The third-order valence-corrected chi connectivity index (χ3v) is 2.93. The van der Waals surface area contributed by atoms with Crippen molar-refractivity contribution in [3.8, 4) is 0 Å². The average Bonchev–Trinajstić information content (AvgIpc) is 2.26. The van der Waals surface area contributed by atoms with Gasteiger partial charge in [-0.3, -0.25) is 4.90 Å². The van der Waals surface area contributed by atoms with Crippen molar-refractivity contribution in [2.45, 2.75) is 25.6 Å². The maximum Gasteiger partial charge on any atom is 0.390 e. The Balaban J connectivity index is 2.71. The van der Waals surface area contributed by atoms with Gasteiger partial charge >= 0.3 is 6.18 Å². The van der Waals surface area contributed by atoms with Crippen LogP contribution in [0, 0.1) is 6.92 Å². The summed E-state index contributed by atoms with van der Waals surface area (Å²) < 4.78 is 36.6. The second-order valence-corrected chi connectivity index (χ2v) is 4.51. The molecule has 0 aliphatic heterocycles. The third kappa shape index (κ3) is 4.66. The first-order valence-electron chi connectivity index (χ1n) is 5.87. The molecule has 102 valence electrons. The lowest BCUT2D eigenvalue weighted by atomic mass is 10.0. The normalized spacial score (nSPS) is 13.9. The van der Waals surface area contributed by atoms with E-state index in [1.165, 1.54) is 0 Å². The molecule has 0 saturated heterocycles. The second-order valence-electron chi connectivity index (χ2n) is 4.51. The van der Waals surface area contributed by atoms with Crippen LogP contribution in [0.4, 0.5) is 13.2 Å². The summed E-state index contributed by atoms with van der Waals surface area (Å²) in [6.45, 7) is 2.21. The molecule has 1 atom stereocenters. The molecule has 1 aromatic carbocycles. The number of hydrogen-bond acceptors (Lipinski definition) is 2.